The Bertz CT molecular complexity index is 606. The molecule has 0 aromatic heterocycles. The Morgan fingerprint density at radius 3 is 2.75 bits per heavy atom. The van der Waals surface area contributed by atoms with Crippen molar-refractivity contribution in [3.8, 4) is 0 Å². The van der Waals surface area contributed by atoms with E-state index in [1.807, 2.05) is 0 Å². The van der Waals surface area contributed by atoms with Crippen LogP contribution in [0.5, 0.6) is 0 Å². The van der Waals surface area contributed by atoms with Crippen molar-refractivity contribution in [2.45, 2.75) is 25.4 Å². The van der Waals surface area contributed by atoms with E-state index in [1.165, 1.54) is 4.90 Å². The zero-order valence-electron chi connectivity index (χ0n) is 13.8. The summed E-state index contributed by atoms with van der Waals surface area (Å²) in [5.74, 6) is -0.885. The molecule has 1 fully saturated rings. The van der Waals surface area contributed by atoms with Crippen LogP contribution in [0.3, 0.4) is 0 Å². The van der Waals surface area contributed by atoms with Crippen LogP contribution >= 0.6 is 23.2 Å². The largest absolute Gasteiger partial charge is 0.465 e. The first-order valence-electron chi connectivity index (χ1n) is 7.83. The Hall–Kier alpha value is -1.30. The predicted molar refractivity (Wildman–Crippen MR) is 92.1 cm³/mol. The molecule has 132 valence electrons. The number of halogens is 2. The molecule has 0 aliphatic carbocycles. The second-order valence-electron chi connectivity index (χ2n) is 5.91. The molecule has 0 radical (unpaired) electrons. The van der Waals surface area contributed by atoms with E-state index < -0.39 is 12.0 Å². The molecule has 1 amide bonds. The lowest BCUT2D eigenvalue weighted by atomic mass is 9.89. The molecule has 1 heterocycles. The standard InChI is InChI=1S/C17H21Cl2NO4/c1-20(2)15(21)7-9-24-17(22)13-4-3-8-23-16(13)12-6-5-11(18)10-14(12)19/h5-6,10,13,16H,3-4,7-9H2,1-2H3. The number of carbonyl (C=O) groups is 2. The number of amides is 1. The summed E-state index contributed by atoms with van der Waals surface area (Å²) in [6.45, 7) is 0.625. The molecule has 24 heavy (non-hydrogen) atoms. The molecule has 0 bridgehead atoms. The molecule has 2 unspecified atom stereocenters. The minimum atomic E-state index is -0.458. The third kappa shape index (κ3) is 4.85. The second-order valence-corrected chi connectivity index (χ2v) is 6.76. The maximum Gasteiger partial charge on any atom is 0.311 e. The molecule has 1 aromatic carbocycles. The average Bonchev–Trinajstić information content (AvgIpc) is 2.54. The summed E-state index contributed by atoms with van der Waals surface area (Å²) in [5, 5.41) is 0.996. The number of carbonyl (C=O) groups excluding carboxylic acids is 2. The lowest BCUT2D eigenvalue weighted by Gasteiger charge is -2.31. The Labute approximate surface area is 151 Å². The molecule has 1 aliphatic heterocycles. The first kappa shape index (κ1) is 19.0. The van der Waals surface area contributed by atoms with Gasteiger partial charge in [0.15, 0.2) is 0 Å². The Morgan fingerprint density at radius 1 is 1.33 bits per heavy atom. The molecule has 0 N–H and O–H groups in total. The van der Waals surface area contributed by atoms with Crippen LogP contribution in [0.2, 0.25) is 10.0 Å². The van der Waals surface area contributed by atoms with Crippen LogP contribution in [0.4, 0.5) is 0 Å². The van der Waals surface area contributed by atoms with Gasteiger partial charge in [-0.15, -0.1) is 0 Å². The smallest absolute Gasteiger partial charge is 0.311 e. The molecule has 7 heteroatoms. The van der Waals surface area contributed by atoms with Crippen molar-refractivity contribution in [2.75, 3.05) is 27.3 Å². The van der Waals surface area contributed by atoms with E-state index in [1.54, 1.807) is 32.3 Å². The summed E-state index contributed by atoms with van der Waals surface area (Å²) in [5.41, 5.74) is 0.729. The molecule has 2 rings (SSSR count). The van der Waals surface area contributed by atoms with Crippen LogP contribution in [-0.2, 0) is 19.1 Å². The third-order valence-corrected chi connectivity index (χ3v) is 4.52. The number of nitrogens with zero attached hydrogens (tertiary/aromatic N) is 1. The van der Waals surface area contributed by atoms with Gasteiger partial charge < -0.3 is 14.4 Å². The summed E-state index contributed by atoms with van der Waals surface area (Å²) in [6.07, 6.45) is 1.14. The summed E-state index contributed by atoms with van der Waals surface area (Å²) < 4.78 is 11.1. The average molecular weight is 374 g/mol. The summed E-state index contributed by atoms with van der Waals surface area (Å²) in [4.78, 5) is 25.4. The zero-order valence-corrected chi connectivity index (χ0v) is 15.3. The highest BCUT2D eigenvalue weighted by Crippen LogP contribution is 2.38. The molecule has 1 saturated heterocycles. The van der Waals surface area contributed by atoms with E-state index in [2.05, 4.69) is 0 Å². The molecular formula is C17H21Cl2NO4. The number of esters is 1. The van der Waals surface area contributed by atoms with Gasteiger partial charge in [0.1, 0.15) is 6.61 Å². The van der Waals surface area contributed by atoms with E-state index >= 15 is 0 Å². The molecular weight excluding hydrogens is 353 g/mol. The molecule has 1 aromatic rings. The fourth-order valence-electron chi connectivity index (χ4n) is 2.63. The van der Waals surface area contributed by atoms with E-state index in [-0.39, 0.29) is 24.9 Å². The number of ether oxygens (including phenoxy) is 2. The van der Waals surface area contributed by atoms with Crippen LogP contribution in [-0.4, -0.2) is 44.1 Å². The van der Waals surface area contributed by atoms with Crippen LogP contribution in [0.15, 0.2) is 18.2 Å². The van der Waals surface area contributed by atoms with Crippen molar-refractivity contribution < 1.29 is 19.1 Å². The summed E-state index contributed by atoms with van der Waals surface area (Å²) in [6, 6.07) is 5.13. The van der Waals surface area contributed by atoms with Crippen LogP contribution < -0.4 is 0 Å². The summed E-state index contributed by atoms with van der Waals surface area (Å²) >= 11 is 12.2. The minimum Gasteiger partial charge on any atom is -0.465 e. The van der Waals surface area contributed by atoms with Gasteiger partial charge in [-0.1, -0.05) is 29.3 Å². The Kier molecular flexibility index (Phi) is 6.90. The first-order chi connectivity index (χ1) is 11.4. The van der Waals surface area contributed by atoms with Gasteiger partial charge in [-0.2, -0.15) is 0 Å². The van der Waals surface area contributed by atoms with E-state index in [4.69, 9.17) is 32.7 Å². The normalized spacial score (nSPS) is 20.5. The van der Waals surface area contributed by atoms with Gasteiger partial charge in [-0.25, -0.2) is 0 Å². The number of hydrogen-bond donors (Lipinski definition) is 0. The van der Waals surface area contributed by atoms with Gasteiger partial charge in [-0.05, 0) is 25.0 Å². The van der Waals surface area contributed by atoms with Crippen molar-refractivity contribution in [3.63, 3.8) is 0 Å². The first-order valence-corrected chi connectivity index (χ1v) is 8.59. The molecule has 1 aliphatic rings. The molecule has 0 saturated carbocycles. The topological polar surface area (TPSA) is 55.8 Å². The number of rotatable bonds is 5. The fourth-order valence-corrected chi connectivity index (χ4v) is 3.15. The summed E-state index contributed by atoms with van der Waals surface area (Å²) in [7, 11) is 3.33. The van der Waals surface area contributed by atoms with E-state index in [0.717, 1.165) is 12.0 Å². The highest BCUT2D eigenvalue weighted by Gasteiger charge is 2.35. The molecule has 5 nitrogen and oxygen atoms in total. The van der Waals surface area contributed by atoms with Gasteiger partial charge in [-0.3, -0.25) is 9.59 Å². The highest BCUT2D eigenvalue weighted by molar-refractivity contribution is 6.35. The maximum absolute atomic E-state index is 12.4. The van der Waals surface area contributed by atoms with Gasteiger partial charge >= 0.3 is 5.97 Å². The van der Waals surface area contributed by atoms with Gasteiger partial charge in [0.25, 0.3) is 0 Å². The van der Waals surface area contributed by atoms with Crippen molar-refractivity contribution in [2.24, 2.45) is 5.92 Å². The fraction of sp³-hybridized carbons (Fsp3) is 0.529. The van der Waals surface area contributed by atoms with Crippen LogP contribution in [0.25, 0.3) is 0 Å². The SMILES string of the molecule is CN(C)C(=O)CCOC(=O)C1CCCOC1c1ccc(Cl)cc1Cl. The van der Waals surface area contributed by atoms with E-state index in [9.17, 15) is 9.59 Å². The van der Waals surface area contributed by atoms with E-state index in [0.29, 0.717) is 23.1 Å². The predicted octanol–water partition coefficient (Wildman–Crippen LogP) is 3.48. The van der Waals surface area contributed by atoms with Crippen molar-refractivity contribution in [1.82, 2.24) is 4.90 Å². The van der Waals surface area contributed by atoms with Crippen LogP contribution in [0, 0.1) is 5.92 Å². The number of hydrogen-bond acceptors (Lipinski definition) is 4. The van der Waals surface area contributed by atoms with Gasteiger partial charge in [0.05, 0.1) is 18.4 Å². The van der Waals surface area contributed by atoms with Gasteiger partial charge in [0, 0.05) is 36.3 Å². The Balaban J connectivity index is 2.03. The quantitative estimate of drug-likeness (QED) is 0.741. The van der Waals surface area contributed by atoms with Crippen molar-refractivity contribution in [3.05, 3.63) is 33.8 Å². The monoisotopic (exact) mass is 373 g/mol. The zero-order chi connectivity index (χ0) is 17.7. The highest BCUT2D eigenvalue weighted by atomic mass is 35.5. The van der Waals surface area contributed by atoms with Crippen molar-refractivity contribution in [1.29, 1.82) is 0 Å². The number of benzene rings is 1. The molecule has 0 spiro atoms. The van der Waals surface area contributed by atoms with Gasteiger partial charge in [0.2, 0.25) is 5.91 Å². The second kappa shape index (κ2) is 8.70. The lowest BCUT2D eigenvalue weighted by Crippen LogP contribution is -2.31. The molecule has 2 atom stereocenters. The Morgan fingerprint density at radius 2 is 2.08 bits per heavy atom. The lowest BCUT2D eigenvalue weighted by molar-refractivity contribution is -0.159. The minimum absolute atomic E-state index is 0.0629. The maximum atomic E-state index is 12.4. The third-order valence-electron chi connectivity index (χ3n) is 3.95. The van der Waals surface area contributed by atoms with Crippen LogP contribution in [0.1, 0.15) is 30.9 Å². The van der Waals surface area contributed by atoms with Crippen molar-refractivity contribution >= 4 is 35.1 Å².